The van der Waals surface area contributed by atoms with E-state index in [9.17, 15) is 4.79 Å². The first-order valence-electron chi connectivity index (χ1n) is 9.27. The Labute approximate surface area is 161 Å². The van der Waals surface area contributed by atoms with Gasteiger partial charge in [-0.3, -0.25) is 4.90 Å². The Kier molecular flexibility index (Phi) is 4.06. The van der Waals surface area contributed by atoms with Crippen LogP contribution in [0.2, 0.25) is 0 Å². The number of aromatic nitrogens is 1. The Morgan fingerprint density at radius 2 is 1.93 bits per heavy atom. The summed E-state index contributed by atoms with van der Waals surface area (Å²) in [5.74, 6) is 0. The second-order valence-electron chi connectivity index (χ2n) is 7.31. The Hall–Kier alpha value is -2.50. The minimum absolute atomic E-state index is 0.274. The first-order chi connectivity index (χ1) is 13.2. The predicted octanol–water partition coefficient (Wildman–Crippen LogP) is 4.52. The molecular formula is C22H20N2O2S. The first-order valence-corrected chi connectivity index (χ1v) is 10.1. The van der Waals surface area contributed by atoms with Crippen molar-refractivity contribution in [3.05, 3.63) is 74.6 Å². The lowest BCUT2D eigenvalue weighted by molar-refractivity contribution is 0.319. The summed E-state index contributed by atoms with van der Waals surface area (Å²) in [5, 5.41) is 2.15. The zero-order chi connectivity index (χ0) is 18.4. The van der Waals surface area contributed by atoms with Gasteiger partial charge < -0.3 is 4.42 Å². The molecule has 27 heavy (non-hydrogen) atoms. The van der Waals surface area contributed by atoms with Gasteiger partial charge in [-0.05, 0) is 67.3 Å². The molecule has 136 valence electrons. The summed E-state index contributed by atoms with van der Waals surface area (Å²) in [5.41, 5.74) is 5.24. The minimum Gasteiger partial charge on any atom is -0.423 e. The standard InChI is InChI=1S/C22H20N2O2S/c1-24(13-21-23-18-7-2-3-8-20(18)27-21)12-16-11-22(25)26-19-10-15-6-4-5-14(15)9-17(16)19/h2-3,7-11H,4-6,12-13H2,1H3. The van der Waals surface area contributed by atoms with Crippen LogP contribution in [0.5, 0.6) is 0 Å². The third kappa shape index (κ3) is 3.17. The van der Waals surface area contributed by atoms with Crippen molar-refractivity contribution >= 4 is 32.5 Å². The van der Waals surface area contributed by atoms with Crippen LogP contribution < -0.4 is 5.63 Å². The maximum Gasteiger partial charge on any atom is 0.336 e. The highest BCUT2D eigenvalue weighted by molar-refractivity contribution is 7.18. The van der Waals surface area contributed by atoms with Gasteiger partial charge in [-0.15, -0.1) is 11.3 Å². The highest BCUT2D eigenvalue weighted by Gasteiger charge is 2.16. The highest BCUT2D eigenvalue weighted by Crippen LogP contribution is 2.29. The van der Waals surface area contributed by atoms with Gasteiger partial charge in [0, 0.05) is 18.0 Å². The van der Waals surface area contributed by atoms with Gasteiger partial charge in [0.1, 0.15) is 10.6 Å². The summed E-state index contributed by atoms with van der Waals surface area (Å²) in [4.78, 5) is 19.0. The maximum absolute atomic E-state index is 12.1. The molecule has 4 nitrogen and oxygen atoms in total. The lowest BCUT2D eigenvalue weighted by Crippen LogP contribution is -2.18. The molecule has 2 aromatic heterocycles. The molecule has 1 aliphatic carbocycles. The van der Waals surface area contributed by atoms with Crippen molar-refractivity contribution in [1.82, 2.24) is 9.88 Å². The van der Waals surface area contributed by atoms with Crippen LogP contribution >= 0.6 is 11.3 Å². The molecule has 0 bridgehead atoms. The molecule has 5 rings (SSSR count). The number of fused-ring (bicyclic) bond motifs is 3. The van der Waals surface area contributed by atoms with Gasteiger partial charge in [0.05, 0.1) is 16.8 Å². The van der Waals surface area contributed by atoms with Crippen molar-refractivity contribution in [2.75, 3.05) is 7.05 Å². The summed E-state index contributed by atoms with van der Waals surface area (Å²) >= 11 is 1.73. The highest BCUT2D eigenvalue weighted by atomic mass is 32.1. The number of benzene rings is 2. The fraction of sp³-hybridized carbons (Fsp3) is 0.273. The fourth-order valence-electron chi connectivity index (χ4n) is 3.99. The van der Waals surface area contributed by atoms with Gasteiger partial charge in [0.25, 0.3) is 0 Å². The fourth-order valence-corrected chi connectivity index (χ4v) is 5.04. The van der Waals surface area contributed by atoms with E-state index in [4.69, 9.17) is 9.40 Å². The Morgan fingerprint density at radius 1 is 1.11 bits per heavy atom. The molecule has 0 N–H and O–H groups in total. The van der Waals surface area contributed by atoms with Gasteiger partial charge in [0.2, 0.25) is 0 Å². The third-order valence-corrected chi connectivity index (χ3v) is 6.25. The van der Waals surface area contributed by atoms with E-state index in [0.717, 1.165) is 40.9 Å². The van der Waals surface area contributed by atoms with E-state index >= 15 is 0 Å². The molecule has 2 heterocycles. The lowest BCUT2D eigenvalue weighted by Gasteiger charge is -2.16. The van der Waals surface area contributed by atoms with Crippen molar-refractivity contribution in [3.8, 4) is 0 Å². The SMILES string of the molecule is CN(Cc1nc2ccccc2s1)Cc1cc(=O)oc2cc3c(cc12)CCC3. The van der Waals surface area contributed by atoms with Crippen LogP contribution in [0.3, 0.4) is 0 Å². The average Bonchev–Trinajstić information content (AvgIpc) is 3.25. The van der Waals surface area contributed by atoms with Crippen LogP contribution in [0, 0.1) is 0 Å². The second-order valence-corrected chi connectivity index (χ2v) is 8.42. The van der Waals surface area contributed by atoms with Crippen LogP contribution in [0.4, 0.5) is 0 Å². The zero-order valence-electron chi connectivity index (χ0n) is 15.2. The van der Waals surface area contributed by atoms with E-state index in [1.165, 1.54) is 22.2 Å². The Balaban J connectivity index is 1.45. The van der Waals surface area contributed by atoms with Crippen LogP contribution in [-0.2, 0) is 25.9 Å². The van der Waals surface area contributed by atoms with Gasteiger partial charge in [0.15, 0.2) is 0 Å². The van der Waals surface area contributed by atoms with Crippen molar-refractivity contribution in [1.29, 1.82) is 0 Å². The molecule has 0 spiro atoms. The zero-order valence-corrected chi connectivity index (χ0v) is 16.0. The molecular weight excluding hydrogens is 356 g/mol. The molecule has 0 amide bonds. The molecule has 0 saturated heterocycles. The molecule has 5 heteroatoms. The van der Waals surface area contributed by atoms with Gasteiger partial charge in [-0.2, -0.15) is 0 Å². The largest absolute Gasteiger partial charge is 0.423 e. The van der Waals surface area contributed by atoms with Crippen LogP contribution in [0.25, 0.3) is 21.2 Å². The normalized spacial score (nSPS) is 13.7. The molecule has 0 saturated carbocycles. The molecule has 1 aliphatic rings. The number of thiazole rings is 1. The number of rotatable bonds is 4. The van der Waals surface area contributed by atoms with E-state index in [-0.39, 0.29) is 5.63 Å². The predicted molar refractivity (Wildman–Crippen MR) is 109 cm³/mol. The van der Waals surface area contributed by atoms with Crippen LogP contribution in [0.15, 0.2) is 51.7 Å². The van der Waals surface area contributed by atoms with E-state index in [1.807, 2.05) is 18.2 Å². The summed E-state index contributed by atoms with van der Waals surface area (Å²) in [6, 6.07) is 14.1. The summed E-state index contributed by atoms with van der Waals surface area (Å²) < 4.78 is 6.69. The quantitative estimate of drug-likeness (QED) is 0.491. The maximum atomic E-state index is 12.1. The molecule has 0 radical (unpaired) electrons. The van der Waals surface area contributed by atoms with E-state index in [2.05, 4.69) is 30.1 Å². The van der Waals surface area contributed by atoms with Gasteiger partial charge >= 0.3 is 5.63 Å². The van der Waals surface area contributed by atoms with Crippen molar-refractivity contribution < 1.29 is 4.42 Å². The molecule has 0 aliphatic heterocycles. The summed E-state index contributed by atoms with van der Waals surface area (Å²) in [6.07, 6.45) is 3.38. The summed E-state index contributed by atoms with van der Waals surface area (Å²) in [7, 11) is 2.07. The number of nitrogens with zero attached hydrogens (tertiary/aromatic N) is 2. The minimum atomic E-state index is -0.274. The van der Waals surface area contributed by atoms with Gasteiger partial charge in [-0.25, -0.2) is 9.78 Å². The number of aryl methyl sites for hydroxylation is 2. The van der Waals surface area contributed by atoms with Crippen LogP contribution in [0.1, 0.15) is 28.1 Å². The smallest absolute Gasteiger partial charge is 0.336 e. The first kappa shape index (κ1) is 16.7. The Bertz CT molecular complexity index is 1180. The van der Waals surface area contributed by atoms with Crippen LogP contribution in [-0.4, -0.2) is 16.9 Å². The molecule has 0 unspecified atom stereocenters. The second kappa shape index (κ2) is 6.59. The van der Waals surface area contributed by atoms with Gasteiger partial charge in [-0.1, -0.05) is 12.1 Å². The molecule has 0 fully saturated rings. The molecule has 4 aromatic rings. The number of hydrogen-bond acceptors (Lipinski definition) is 5. The monoisotopic (exact) mass is 376 g/mol. The number of para-hydroxylation sites is 1. The summed E-state index contributed by atoms with van der Waals surface area (Å²) in [6.45, 7) is 1.45. The van der Waals surface area contributed by atoms with Crippen molar-refractivity contribution in [3.63, 3.8) is 0 Å². The van der Waals surface area contributed by atoms with E-state index in [0.29, 0.717) is 12.1 Å². The van der Waals surface area contributed by atoms with Crippen molar-refractivity contribution in [2.45, 2.75) is 32.4 Å². The molecule has 2 aromatic carbocycles. The topological polar surface area (TPSA) is 46.3 Å². The number of hydrogen-bond donors (Lipinski definition) is 0. The average molecular weight is 376 g/mol. The Morgan fingerprint density at radius 3 is 2.78 bits per heavy atom. The third-order valence-electron chi connectivity index (χ3n) is 5.23. The van der Waals surface area contributed by atoms with E-state index in [1.54, 1.807) is 17.4 Å². The lowest BCUT2D eigenvalue weighted by atomic mass is 10.0. The van der Waals surface area contributed by atoms with Crippen molar-refractivity contribution in [2.24, 2.45) is 0 Å². The van der Waals surface area contributed by atoms with E-state index < -0.39 is 0 Å². The molecule has 0 atom stereocenters.